The third-order valence-corrected chi connectivity index (χ3v) is 5.23. The quantitative estimate of drug-likeness (QED) is 0.762. The summed E-state index contributed by atoms with van der Waals surface area (Å²) in [4.78, 5) is 18.5. The summed E-state index contributed by atoms with van der Waals surface area (Å²) < 4.78 is 38.5. The molecule has 0 bridgehead atoms. The van der Waals surface area contributed by atoms with Crippen molar-refractivity contribution in [2.24, 2.45) is 0 Å². The molecule has 3 rings (SSSR count). The van der Waals surface area contributed by atoms with Gasteiger partial charge < -0.3 is 10.2 Å². The van der Waals surface area contributed by atoms with Crippen LogP contribution >= 0.6 is 36.2 Å². The maximum atomic E-state index is 12.8. The minimum atomic E-state index is -4.40. The van der Waals surface area contributed by atoms with E-state index in [2.05, 4.69) is 10.3 Å². The van der Waals surface area contributed by atoms with Crippen LogP contribution in [0, 0.1) is 0 Å². The molecule has 0 saturated carbocycles. The molecule has 1 N–H and O–H groups in total. The molecule has 2 heterocycles. The lowest BCUT2D eigenvalue weighted by atomic mass is 10.1. The third kappa shape index (κ3) is 5.57. The van der Waals surface area contributed by atoms with E-state index >= 15 is 0 Å². The molecule has 1 aliphatic rings. The fourth-order valence-electron chi connectivity index (χ4n) is 2.87. The Hall–Kier alpha value is -1.35. The Labute approximate surface area is 172 Å². The van der Waals surface area contributed by atoms with Gasteiger partial charge in [0.2, 0.25) is 0 Å². The highest BCUT2D eigenvalue weighted by Crippen LogP contribution is 2.33. The zero-order chi connectivity index (χ0) is 18.0. The summed E-state index contributed by atoms with van der Waals surface area (Å²) in [5, 5.41) is 5.26. The molecule has 150 valence electrons. The molecule has 1 aliphatic heterocycles. The number of amides is 1. The summed E-state index contributed by atoms with van der Waals surface area (Å²) in [6, 6.07) is 5.16. The van der Waals surface area contributed by atoms with Crippen molar-refractivity contribution in [3.05, 3.63) is 40.9 Å². The number of benzene rings is 1. The van der Waals surface area contributed by atoms with Crippen LogP contribution in [-0.2, 0) is 6.18 Å². The van der Waals surface area contributed by atoms with Crippen LogP contribution in [0.15, 0.2) is 29.6 Å². The highest BCUT2D eigenvalue weighted by atomic mass is 35.5. The molecule has 0 unspecified atom stereocenters. The summed E-state index contributed by atoms with van der Waals surface area (Å²) in [7, 11) is 1.75. The van der Waals surface area contributed by atoms with E-state index in [0.29, 0.717) is 10.6 Å². The molecule has 1 aromatic heterocycles. The van der Waals surface area contributed by atoms with E-state index in [-0.39, 0.29) is 42.5 Å². The van der Waals surface area contributed by atoms with E-state index in [4.69, 9.17) is 0 Å². The molecule has 0 spiro atoms. The van der Waals surface area contributed by atoms with Crippen molar-refractivity contribution >= 4 is 42.1 Å². The number of hydrogen-bond acceptors (Lipinski definition) is 4. The van der Waals surface area contributed by atoms with E-state index in [1.165, 1.54) is 17.4 Å². The Morgan fingerprint density at radius 3 is 2.56 bits per heavy atom. The normalized spacial score (nSPS) is 14.8. The predicted octanol–water partition coefficient (Wildman–Crippen LogP) is 4.50. The van der Waals surface area contributed by atoms with Crippen LogP contribution in [0.1, 0.15) is 28.9 Å². The minimum Gasteiger partial charge on any atom is -0.337 e. The van der Waals surface area contributed by atoms with Crippen molar-refractivity contribution in [2.45, 2.75) is 25.1 Å². The van der Waals surface area contributed by atoms with Gasteiger partial charge in [-0.3, -0.25) is 4.79 Å². The first kappa shape index (κ1) is 23.7. The number of thiazole rings is 1. The standard InChI is InChI=1S/C17H18F3N3OS.2ClH/c1-23(13-5-7-21-8-6-13)16(24)14-10-25-15(22-14)11-3-2-4-12(9-11)17(18,19)20;;/h2-4,9-10,13,21H,5-8H2,1H3;2*1H. The van der Waals surface area contributed by atoms with Crippen molar-refractivity contribution < 1.29 is 18.0 Å². The molecule has 0 atom stereocenters. The van der Waals surface area contributed by atoms with Gasteiger partial charge in [0.15, 0.2) is 0 Å². The molecule has 1 saturated heterocycles. The number of nitrogens with one attached hydrogen (secondary N) is 1. The lowest BCUT2D eigenvalue weighted by Gasteiger charge is -2.31. The van der Waals surface area contributed by atoms with Gasteiger partial charge in [-0.1, -0.05) is 12.1 Å². The van der Waals surface area contributed by atoms with Crippen LogP contribution in [0.4, 0.5) is 13.2 Å². The fraction of sp³-hybridized carbons (Fsp3) is 0.412. The predicted molar refractivity (Wildman–Crippen MR) is 105 cm³/mol. The zero-order valence-electron chi connectivity index (χ0n) is 14.5. The lowest BCUT2D eigenvalue weighted by Crippen LogP contribution is -2.44. The van der Waals surface area contributed by atoms with Gasteiger partial charge >= 0.3 is 6.18 Å². The van der Waals surface area contributed by atoms with Crippen molar-refractivity contribution in [1.82, 2.24) is 15.2 Å². The average molecular weight is 442 g/mol. The van der Waals surface area contributed by atoms with Gasteiger partial charge in [-0.25, -0.2) is 4.98 Å². The highest BCUT2D eigenvalue weighted by molar-refractivity contribution is 7.13. The smallest absolute Gasteiger partial charge is 0.337 e. The molecule has 10 heteroatoms. The molecule has 0 radical (unpaired) electrons. The molecular weight excluding hydrogens is 422 g/mol. The van der Waals surface area contributed by atoms with Crippen LogP contribution in [0.5, 0.6) is 0 Å². The SMILES string of the molecule is CN(C(=O)c1csc(-c2cccc(C(F)(F)F)c2)n1)C1CCNCC1.Cl.Cl. The van der Waals surface area contributed by atoms with Crippen molar-refractivity contribution in [2.75, 3.05) is 20.1 Å². The summed E-state index contributed by atoms with van der Waals surface area (Å²) in [5.41, 5.74) is -0.0817. The monoisotopic (exact) mass is 441 g/mol. The molecule has 1 fully saturated rings. The van der Waals surface area contributed by atoms with Gasteiger partial charge in [-0.2, -0.15) is 13.2 Å². The van der Waals surface area contributed by atoms with Crippen molar-refractivity contribution in [1.29, 1.82) is 0 Å². The number of piperidine rings is 1. The van der Waals surface area contributed by atoms with Gasteiger partial charge in [0.1, 0.15) is 10.7 Å². The first-order chi connectivity index (χ1) is 11.9. The van der Waals surface area contributed by atoms with Crippen LogP contribution in [0.3, 0.4) is 0 Å². The third-order valence-electron chi connectivity index (χ3n) is 4.34. The van der Waals surface area contributed by atoms with E-state index in [1.54, 1.807) is 23.4 Å². The topological polar surface area (TPSA) is 45.2 Å². The number of halogens is 5. The van der Waals surface area contributed by atoms with Crippen LogP contribution < -0.4 is 5.32 Å². The van der Waals surface area contributed by atoms with E-state index < -0.39 is 11.7 Å². The first-order valence-electron chi connectivity index (χ1n) is 7.97. The highest BCUT2D eigenvalue weighted by Gasteiger charge is 2.31. The van der Waals surface area contributed by atoms with Gasteiger partial charge in [0.25, 0.3) is 5.91 Å². The summed E-state index contributed by atoms with van der Waals surface area (Å²) in [6.07, 6.45) is -2.64. The number of nitrogens with zero attached hydrogens (tertiary/aromatic N) is 2. The van der Waals surface area contributed by atoms with Gasteiger partial charge in [0.05, 0.1) is 5.56 Å². The number of carbonyl (C=O) groups excluding carboxylic acids is 1. The number of aromatic nitrogens is 1. The minimum absolute atomic E-state index is 0. The average Bonchev–Trinajstić information content (AvgIpc) is 3.11. The number of alkyl halides is 3. The molecule has 27 heavy (non-hydrogen) atoms. The van der Waals surface area contributed by atoms with Crippen LogP contribution in [0.2, 0.25) is 0 Å². The summed E-state index contributed by atoms with van der Waals surface area (Å²) in [6.45, 7) is 1.74. The van der Waals surface area contributed by atoms with Crippen LogP contribution in [0.25, 0.3) is 10.6 Å². The van der Waals surface area contributed by atoms with Crippen molar-refractivity contribution in [3.63, 3.8) is 0 Å². The Kier molecular flexibility index (Phi) is 8.53. The fourth-order valence-corrected chi connectivity index (χ4v) is 3.66. The maximum absolute atomic E-state index is 12.8. The zero-order valence-corrected chi connectivity index (χ0v) is 16.9. The number of carbonyl (C=O) groups is 1. The molecule has 4 nitrogen and oxygen atoms in total. The second-order valence-electron chi connectivity index (χ2n) is 6.01. The molecule has 2 aromatic rings. The molecule has 0 aliphatic carbocycles. The molecule has 1 aromatic carbocycles. The van der Waals surface area contributed by atoms with Gasteiger partial charge in [-0.05, 0) is 38.1 Å². The second kappa shape index (κ2) is 9.73. The van der Waals surface area contributed by atoms with Crippen molar-refractivity contribution in [3.8, 4) is 10.6 Å². The van der Waals surface area contributed by atoms with E-state index in [0.717, 1.165) is 38.1 Å². The molecular formula is C17H20Cl2F3N3OS. The molecule has 1 amide bonds. The number of rotatable bonds is 3. The Bertz CT molecular complexity index is 764. The lowest BCUT2D eigenvalue weighted by molar-refractivity contribution is -0.137. The van der Waals surface area contributed by atoms with E-state index in [1.807, 2.05) is 0 Å². The van der Waals surface area contributed by atoms with Crippen LogP contribution in [-0.4, -0.2) is 42.0 Å². The Balaban J connectivity index is 0.00000182. The maximum Gasteiger partial charge on any atom is 0.416 e. The summed E-state index contributed by atoms with van der Waals surface area (Å²) >= 11 is 1.18. The number of hydrogen-bond donors (Lipinski definition) is 1. The second-order valence-corrected chi connectivity index (χ2v) is 6.87. The van der Waals surface area contributed by atoms with Gasteiger partial charge in [-0.15, -0.1) is 36.2 Å². The van der Waals surface area contributed by atoms with E-state index in [9.17, 15) is 18.0 Å². The van der Waals surface area contributed by atoms with Gasteiger partial charge in [0, 0.05) is 24.0 Å². The Morgan fingerprint density at radius 2 is 1.93 bits per heavy atom. The Morgan fingerprint density at radius 1 is 1.26 bits per heavy atom. The largest absolute Gasteiger partial charge is 0.416 e. The first-order valence-corrected chi connectivity index (χ1v) is 8.85. The summed E-state index contributed by atoms with van der Waals surface area (Å²) in [5.74, 6) is -0.193.